The van der Waals surface area contributed by atoms with Crippen molar-refractivity contribution in [3.63, 3.8) is 0 Å². The van der Waals surface area contributed by atoms with Gasteiger partial charge in [-0.05, 0) is 43.7 Å². The highest BCUT2D eigenvalue weighted by atomic mass is 79.9. The van der Waals surface area contributed by atoms with Crippen molar-refractivity contribution in [3.05, 3.63) is 34.1 Å². The molecule has 0 radical (unpaired) electrons. The number of rotatable bonds is 3. The van der Waals surface area contributed by atoms with Crippen LogP contribution in [0.15, 0.2) is 22.7 Å². The van der Waals surface area contributed by atoms with E-state index in [1.807, 2.05) is 6.07 Å². The zero-order valence-electron chi connectivity index (χ0n) is 10.5. The quantitative estimate of drug-likeness (QED) is 0.732. The zero-order chi connectivity index (χ0) is 13.1. The molecule has 1 aromatic rings. The van der Waals surface area contributed by atoms with Gasteiger partial charge in [-0.2, -0.15) is 0 Å². The Bertz CT molecular complexity index is 393. The van der Waals surface area contributed by atoms with Gasteiger partial charge in [-0.3, -0.25) is 4.90 Å². The van der Waals surface area contributed by atoms with Gasteiger partial charge in [-0.25, -0.2) is 4.39 Å². The highest BCUT2D eigenvalue weighted by Gasteiger charge is 2.26. The number of hydrogen-bond donors (Lipinski definition) is 0. The molecular weight excluding hydrogens is 317 g/mol. The second-order valence-electron chi connectivity index (χ2n) is 5.06. The van der Waals surface area contributed by atoms with Crippen molar-refractivity contribution < 1.29 is 4.39 Å². The van der Waals surface area contributed by atoms with Gasteiger partial charge >= 0.3 is 0 Å². The van der Waals surface area contributed by atoms with E-state index in [0.29, 0.717) is 6.04 Å². The van der Waals surface area contributed by atoms with E-state index in [-0.39, 0.29) is 11.2 Å². The van der Waals surface area contributed by atoms with Gasteiger partial charge in [0.15, 0.2) is 0 Å². The van der Waals surface area contributed by atoms with E-state index in [1.165, 1.54) is 18.9 Å². The maximum absolute atomic E-state index is 13.3. The molecule has 1 saturated carbocycles. The van der Waals surface area contributed by atoms with Crippen molar-refractivity contribution in [2.75, 3.05) is 7.05 Å². The Kier molecular flexibility index (Phi) is 5.05. The molecule has 0 bridgehead atoms. The molecule has 0 N–H and O–H groups in total. The van der Waals surface area contributed by atoms with E-state index in [4.69, 9.17) is 11.6 Å². The molecule has 1 nitrogen and oxygen atoms in total. The molecule has 0 heterocycles. The monoisotopic (exact) mass is 333 g/mol. The topological polar surface area (TPSA) is 3.24 Å². The molecule has 18 heavy (non-hydrogen) atoms. The molecule has 1 aliphatic carbocycles. The fourth-order valence-corrected chi connectivity index (χ4v) is 3.66. The van der Waals surface area contributed by atoms with Crippen LogP contribution < -0.4 is 0 Å². The molecule has 0 spiro atoms. The maximum atomic E-state index is 13.3. The van der Waals surface area contributed by atoms with Crippen LogP contribution in [0.5, 0.6) is 0 Å². The molecule has 1 aromatic carbocycles. The Labute approximate surface area is 121 Å². The fourth-order valence-electron chi connectivity index (χ4n) is 2.67. The molecule has 0 aliphatic heterocycles. The largest absolute Gasteiger partial charge is 0.298 e. The van der Waals surface area contributed by atoms with Crippen LogP contribution in [-0.2, 0) is 6.54 Å². The van der Waals surface area contributed by atoms with E-state index in [0.717, 1.165) is 29.4 Å². The van der Waals surface area contributed by atoms with Gasteiger partial charge in [0.1, 0.15) is 5.82 Å². The molecule has 2 rings (SSSR count). The van der Waals surface area contributed by atoms with Crippen molar-refractivity contribution in [2.45, 2.75) is 43.6 Å². The number of nitrogens with zero attached hydrogens (tertiary/aromatic N) is 1. The summed E-state index contributed by atoms with van der Waals surface area (Å²) < 4.78 is 14.1. The smallest absolute Gasteiger partial charge is 0.124 e. The number of hydrogen-bond acceptors (Lipinski definition) is 1. The van der Waals surface area contributed by atoms with Crippen LogP contribution in [0.3, 0.4) is 0 Å². The lowest BCUT2D eigenvalue weighted by atomic mass is 9.93. The lowest BCUT2D eigenvalue weighted by molar-refractivity contribution is 0.188. The highest BCUT2D eigenvalue weighted by Crippen LogP contribution is 2.27. The first-order chi connectivity index (χ1) is 8.56. The van der Waals surface area contributed by atoms with Crippen molar-refractivity contribution in [1.82, 2.24) is 4.90 Å². The van der Waals surface area contributed by atoms with Crippen LogP contribution in [0.1, 0.15) is 31.2 Å². The summed E-state index contributed by atoms with van der Waals surface area (Å²) in [7, 11) is 2.07. The third-order valence-electron chi connectivity index (χ3n) is 3.57. The summed E-state index contributed by atoms with van der Waals surface area (Å²) in [4.78, 5) is 2.25. The molecule has 0 aromatic heterocycles. The van der Waals surface area contributed by atoms with Crippen LogP contribution in [0.25, 0.3) is 0 Å². The van der Waals surface area contributed by atoms with Crippen molar-refractivity contribution in [1.29, 1.82) is 0 Å². The van der Waals surface area contributed by atoms with Crippen LogP contribution in [0.4, 0.5) is 4.39 Å². The zero-order valence-corrected chi connectivity index (χ0v) is 12.8. The Morgan fingerprint density at radius 2 is 2.06 bits per heavy atom. The van der Waals surface area contributed by atoms with Crippen LogP contribution in [0, 0.1) is 5.82 Å². The average Bonchev–Trinajstić information content (AvgIpc) is 2.27. The number of alkyl halides is 1. The van der Waals surface area contributed by atoms with Crippen molar-refractivity contribution >= 4 is 27.5 Å². The van der Waals surface area contributed by atoms with Gasteiger partial charge in [0.2, 0.25) is 0 Å². The second-order valence-corrected chi connectivity index (χ2v) is 6.54. The summed E-state index contributed by atoms with van der Waals surface area (Å²) in [5.41, 5.74) is 0.985. The van der Waals surface area contributed by atoms with Crippen molar-refractivity contribution in [3.8, 4) is 0 Å². The summed E-state index contributed by atoms with van der Waals surface area (Å²) in [6.45, 7) is 0.740. The van der Waals surface area contributed by atoms with E-state index in [1.54, 1.807) is 6.07 Å². The minimum absolute atomic E-state index is 0.196. The Balaban J connectivity index is 2.03. The maximum Gasteiger partial charge on any atom is 0.124 e. The first kappa shape index (κ1) is 14.3. The third-order valence-corrected chi connectivity index (χ3v) is 4.53. The van der Waals surface area contributed by atoms with Gasteiger partial charge in [0.25, 0.3) is 0 Å². The summed E-state index contributed by atoms with van der Waals surface area (Å²) in [5.74, 6) is -0.196. The molecule has 1 aliphatic rings. The highest BCUT2D eigenvalue weighted by molar-refractivity contribution is 9.10. The van der Waals surface area contributed by atoms with Gasteiger partial charge in [-0.1, -0.05) is 28.8 Å². The number of halogens is 3. The molecular formula is C14H18BrClFN. The molecule has 0 amide bonds. The summed E-state index contributed by atoms with van der Waals surface area (Å²) >= 11 is 9.71. The second kappa shape index (κ2) is 6.36. The standard InChI is InChI=1S/C14H18BrClFN/c1-18(14-5-3-2-4-13(14)16)9-10-6-11(15)8-12(17)7-10/h6-8,13-14H,2-5,9H2,1H3. The molecule has 1 fully saturated rings. The molecule has 100 valence electrons. The first-order valence-corrected chi connectivity index (χ1v) is 7.58. The predicted molar refractivity (Wildman–Crippen MR) is 77.5 cm³/mol. The normalized spacial score (nSPS) is 24.5. The molecule has 0 saturated heterocycles. The van der Waals surface area contributed by atoms with Crippen LogP contribution in [-0.4, -0.2) is 23.4 Å². The number of benzene rings is 1. The summed E-state index contributed by atoms with van der Waals surface area (Å²) in [5, 5.41) is 0.223. The SMILES string of the molecule is CN(Cc1cc(F)cc(Br)c1)C1CCCCC1Cl. The minimum atomic E-state index is -0.196. The van der Waals surface area contributed by atoms with E-state index in [2.05, 4.69) is 27.9 Å². The van der Waals surface area contributed by atoms with Crippen molar-refractivity contribution in [2.24, 2.45) is 0 Å². The fraction of sp³-hybridized carbons (Fsp3) is 0.571. The average molecular weight is 335 g/mol. The molecule has 2 unspecified atom stereocenters. The summed E-state index contributed by atoms with van der Waals surface area (Å²) in [6, 6.07) is 5.44. The van der Waals surface area contributed by atoms with Gasteiger partial charge in [-0.15, -0.1) is 11.6 Å². The van der Waals surface area contributed by atoms with Crippen LogP contribution in [0.2, 0.25) is 0 Å². The van der Waals surface area contributed by atoms with Gasteiger partial charge < -0.3 is 0 Å². The minimum Gasteiger partial charge on any atom is -0.298 e. The first-order valence-electron chi connectivity index (χ1n) is 6.35. The lowest BCUT2D eigenvalue weighted by Gasteiger charge is -2.35. The Hall–Kier alpha value is -0.120. The van der Waals surface area contributed by atoms with E-state index < -0.39 is 0 Å². The molecule has 4 heteroatoms. The van der Waals surface area contributed by atoms with E-state index >= 15 is 0 Å². The summed E-state index contributed by atoms with van der Waals surface area (Å²) in [6.07, 6.45) is 4.69. The molecule has 2 atom stereocenters. The Morgan fingerprint density at radius 1 is 1.33 bits per heavy atom. The van der Waals surface area contributed by atoms with Gasteiger partial charge in [0.05, 0.1) is 0 Å². The third kappa shape index (κ3) is 3.69. The van der Waals surface area contributed by atoms with E-state index in [9.17, 15) is 4.39 Å². The lowest BCUT2D eigenvalue weighted by Crippen LogP contribution is -2.40. The Morgan fingerprint density at radius 3 is 2.72 bits per heavy atom. The predicted octanol–water partition coefficient (Wildman–Crippen LogP) is 4.57. The van der Waals surface area contributed by atoms with Crippen LogP contribution >= 0.6 is 27.5 Å². The van der Waals surface area contributed by atoms with Gasteiger partial charge in [0, 0.05) is 22.4 Å².